The molecule has 0 N–H and O–H groups in total. The molecule has 1 unspecified atom stereocenters. The fourth-order valence-corrected chi connectivity index (χ4v) is 4.23. The molecule has 3 saturated heterocycles. The summed E-state index contributed by atoms with van der Waals surface area (Å²) < 4.78 is 11.9. The fourth-order valence-electron chi connectivity index (χ4n) is 4.23. The van der Waals surface area contributed by atoms with Crippen LogP contribution in [0.2, 0.25) is 0 Å². The predicted octanol–water partition coefficient (Wildman–Crippen LogP) is -0.222. The maximum Gasteiger partial charge on any atom is 0.227 e. The number of hydrogen-bond donors (Lipinski definition) is 0. The monoisotopic (exact) mass is 441 g/mol. The Balaban J connectivity index is 0.00000169. The van der Waals surface area contributed by atoms with Crippen LogP contribution in [0.15, 0.2) is 28.8 Å². The lowest BCUT2D eigenvalue weighted by Crippen LogP contribution is -3.00. The van der Waals surface area contributed by atoms with E-state index in [1.54, 1.807) is 7.11 Å². The molecule has 5 nitrogen and oxygen atoms in total. The Morgan fingerprint density at radius 2 is 1.92 bits per heavy atom. The molecule has 3 aliphatic heterocycles. The van der Waals surface area contributed by atoms with Gasteiger partial charge in [0.05, 0.1) is 33.8 Å². The minimum absolute atomic E-state index is 0. The zero-order valence-corrected chi connectivity index (χ0v) is 16.4. The van der Waals surface area contributed by atoms with Gasteiger partial charge in [0, 0.05) is 30.7 Å². The standard InChI is InChI=1S/C18H24N3O2.HI/c1-21-9-7-13(8-10-21)15(12-21)11-17-19-18(20-23-17)14-3-5-16(22-2)6-4-14;/h3-6,13,15H,7-12H2,1-2H3;1H/q+1;/p-1. The molecule has 3 aliphatic rings. The van der Waals surface area contributed by atoms with Crippen LogP contribution in [0.25, 0.3) is 11.4 Å². The van der Waals surface area contributed by atoms with Crippen LogP contribution in [0.1, 0.15) is 18.7 Å². The third-order valence-electron chi connectivity index (χ3n) is 5.67. The summed E-state index contributed by atoms with van der Waals surface area (Å²) in [7, 11) is 4.05. The lowest BCUT2D eigenvalue weighted by atomic mass is 9.76. The van der Waals surface area contributed by atoms with E-state index in [9.17, 15) is 0 Å². The number of methoxy groups -OCH3 is 1. The summed E-state index contributed by atoms with van der Waals surface area (Å²) >= 11 is 0. The largest absolute Gasteiger partial charge is 1.00 e. The molecule has 1 atom stereocenters. The number of rotatable bonds is 4. The van der Waals surface area contributed by atoms with Gasteiger partial charge in [0.2, 0.25) is 11.7 Å². The van der Waals surface area contributed by atoms with Crippen molar-refractivity contribution in [3.8, 4) is 17.1 Å². The van der Waals surface area contributed by atoms with Crippen molar-refractivity contribution in [2.75, 3.05) is 33.8 Å². The Bertz CT molecular complexity index is 678. The van der Waals surface area contributed by atoms with Crippen molar-refractivity contribution in [3.05, 3.63) is 30.2 Å². The average molecular weight is 441 g/mol. The van der Waals surface area contributed by atoms with Crippen LogP contribution in [0, 0.1) is 11.8 Å². The van der Waals surface area contributed by atoms with Crippen LogP contribution in [0.5, 0.6) is 5.75 Å². The van der Waals surface area contributed by atoms with Crippen LogP contribution in [0.3, 0.4) is 0 Å². The maximum absolute atomic E-state index is 5.52. The number of ether oxygens (including phenoxy) is 1. The fraction of sp³-hybridized carbons (Fsp3) is 0.556. The molecule has 1 aromatic carbocycles. The summed E-state index contributed by atoms with van der Waals surface area (Å²) in [6.45, 7) is 3.93. The smallest absolute Gasteiger partial charge is 0.227 e. The number of piperidine rings is 3. The van der Waals surface area contributed by atoms with E-state index in [-0.39, 0.29) is 24.0 Å². The second-order valence-corrected chi connectivity index (χ2v) is 7.29. The zero-order valence-electron chi connectivity index (χ0n) is 14.2. The highest BCUT2D eigenvalue weighted by Gasteiger charge is 2.43. The molecule has 2 aromatic rings. The molecule has 0 spiro atoms. The summed E-state index contributed by atoms with van der Waals surface area (Å²) in [4.78, 5) is 4.61. The van der Waals surface area contributed by atoms with Gasteiger partial charge in [0.25, 0.3) is 0 Å². The second-order valence-electron chi connectivity index (χ2n) is 7.29. The molecule has 0 radical (unpaired) electrons. The molecule has 0 saturated carbocycles. The van der Waals surface area contributed by atoms with Gasteiger partial charge < -0.3 is 37.7 Å². The second kappa shape index (κ2) is 7.00. The highest BCUT2D eigenvalue weighted by Crippen LogP contribution is 2.38. The minimum atomic E-state index is 0. The molecule has 24 heavy (non-hydrogen) atoms. The average Bonchev–Trinajstić information content (AvgIpc) is 3.03. The molecular formula is C18H24IN3O2. The van der Waals surface area contributed by atoms with E-state index in [4.69, 9.17) is 9.26 Å². The lowest BCUT2D eigenvalue weighted by Gasteiger charge is -2.50. The van der Waals surface area contributed by atoms with E-state index in [2.05, 4.69) is 17.2 Å². The number of fused-ring (bicyclic) bond motifs is 3. The third-order valence-corrected chi connectivity index (χ3v) is 5.67. The molecule has 0 aliphatic carbocycles. The summed E-state index contributed by atoms with van der Waals surface area (Å²) in [5.41, 5.74) is 0.966. The predicted molar refractivity (Wildman–Crippen MR) is 87.0 cm³/mol. The Labute approximate surface area is 160 Å². The number of benzene rings is 1. The first-order valence-electron chi connectivity index (χ1n) is 8.46. The van der Waals surface area contributed by atoms with E-state index >= 15 is 0 Å². The summed E-state index contributed by atoms with van der Waals surface area (Å²) in [6, 6.07) is 7.77. The van der Waals surface area contributed by atoms with Gasteiger partial charge in [-0.25, -0.2) is 0 Å². The van der Waals surface area contributed by atoms with Gasteiger partial charge in [-0.3, -0.25) is 0 Å². The lowest BCUT2D eigenvalue weighted by molar-refractivity contribution is -0.929. The van der Waals surface area contributed by atoms with Gasteiger partial charge in [-0.15, -0.1) is 0 Å². The van der Waals surface area contributed by atoms with Crippen molar-refractivity contribution in [1.82, 2.24) is 10.1 Å². The van der Waals surface area contributed by atoms with Crippen molar-refractivity contribution in [2.24, 2.45) is 11.8 Å². The molecular weight excluding hydrogens is 417 g/mol. The van der Waals surface area contributed by atoms with E-state index in [0.717, 1.165) is 29.5 Å². The molecule has 2 bridgehead atoms. The normalized spacial score (nSPS) is 28.4. The first kappa shape index (κ1) is 17.7. The van der Waals surface area contributed by atoms with Crippen LogP contribution in [-0.4, -0.2) is 48.4 Å². The Morgan fingerprint density at radius 3 is 2.54 bits per heavy atom. The van der Waals surface area contributed by atoms with E-state index < -0.39 is 0 Å². The minimum Gasteiger partial charge on any atom is -1.00 e. The van der Waals surface area contributed by atoms with Gasteiger partial charge >= 0.3 is 0 Å². The molecule has 4 heterocycles. The summed E-state index contributed by atoms with van der Waals surface area (Å²) in [5.74, 6) is 3.81. The van der Waals surface area contributed by atoms with Crippen LogP contribution in [-0.2, 0) is 6.42 Å². The van der Waals surface area contributed by atoms with E-state index in [1.807, 2.05) is 24.3 Å². The Hall–Kier alpha value is -1.15. The highest BCUT2D eigenvalue weighted by molar-refractivity contribution is 5.55. The summed E-state index contributed by atoms with van der Waals surface area (Å²) in [6.07, 6.45) is 3.61. The third kappa shape index (κ3) is 3.44. The molecule has 130 valence electrons. The molecule has 3 fully saturated rings. The number of aromatic nitrogens is 2. The molecule has 1 aromatic heterocycles. The summed E-state index contributed by atoms with van der Waals surface area (Å²) in [5, 5.41) is 4.15. The van der Waals surface area contributed by atoms with Crippen molar-refractivity contribution in [3.63, 3.8) is 0 Å². The SMILES string of the molecule is COc1ccc(-c2noc(CC3C[N+]4(C)CCC3CC4)n2)cc1.[I-]. The Morgan fingerprint density at radius 1 is 1.21 bits per heavy atom. The Kier molecular flexibility index (Phi) is 5.15. The van der Waals surface area contributed by atoms with Crippen molar-refractivity contribution in [2.45, 2.75) is 19.3 Å². The van der Waals surface area contributed by atoms with Gasteiger partial charge in [-0.05, 0) is 30.2 Å². The highest BCUT2D eigenvalue weighted by atomic mass is 127. The zero-order chi connectivity index (χ0) is 15.9. The molecule has 5 rings (SSSR count). The van der Waals surface area contributed by atoms with Crippen LogP contribution in [0.4, 0.5) is 0 Å². The van der Waals surface area contributed by atoms with E-state index in [1.165, 1.54) is 37.0 Å². The van der Waals surface area contributed by atoms with Crippen molar-refractivity contribution < 1.29 is 37.7 Å². The topological polar surface area (TPSA) is 48.2 Å². The van der Waals surface area contributed by atoms with E-state index in [0.29, 0.717) is 11.7 Å². The van der Waals surface area contributed by atoms with Gasteiger partial charge in [-0.2, -0.15) is 4.98 Å². The number of nitrogens with zero attached hydrogens (tertiary/aromatic N) is 3. The van der Waals surface area contributed by atoms with Crippen LogP contribution >= 0.6 is 0 Å². The number of halogens is 1. The number of hydrogen-bond acceptors (Lipinski definition) is 4. The molecule has 0 amide bonds. The van der Waals surface area contributed by atoms with Gasteiger partial charge in [0.1, 0.15) is 5.75 Å². The first-order chi connectivity index (χ1) is 11.1. The molecule has 6 heteroatoms. The van der Waals surface area contributed by atoms with Gasteiger partial charge in [-0.1, -0.05) is 5.16 Å². The van der Waals surface area contributed by atoms with Crippen LogP contribution < -0.4 is 28.7 Å². The maximum atomic E-state index is 5.52. The van der Waals surface area contributed by atoms with Gasteiger partial charge in [0.15, 0.2) is 0 Å². The van der Waals surface area contributed by atoms with Crippen molar-refractivity contribution >= 4 is 0 Å². The first-order valence-corrected chi connectivity index (χ1v) is 8.46. The van der Waals surface area contributed by atoms with Crippen molar-refractivity contribution in [1.29, 1.82) is 0 Å². The number of quaternary nitrogens is 1. The quantitative estimate of drug-likeness (QED) is 0.487.